The van der Waals surface area contributed by atoms with Crippen LogP contribution in [-0.2, 0) is 0 Å². The molecule has 1 heterocycles. The van der Waals surface area contributed by atoms with Crippen molar-refractivity contribution in [3.05, 3.63) is 30.5 Å². The Bertz CT molecular complexity index is 532. The molecule has 0 fully saturated rings. The van der Waals surface area contributed by atoms with E-state index >= 15 is 0 Å². The average Bonchev–Trinajstić information content (AvgIpc) is 2.73. The number of nitrogen functional groups attached to an aromatic ring is 1. The third-order valence-electron chi connectivity index (χ3n) is 2.73. The summed E-state index contributed by atoms with van der Waals surface area (Å²) in [4.78, 5) is 0. The lowest BCUT2D eigenvalue weighted by Gasteiger charge is -2.08. The first-order valence-corrected chi connectivity index (χ1v) is 6.20. The van der Waals surface area contributed by atoms with Crippen molar-refractivity contribution >= 4 is 5.69 Å². The highest BCUT2D eigenvalue weighted by molar-refractivity contribution is 5.76. The fraction of sp³-hybridized carbons (Fsp3) is 0.357. The number of ether oxygens (including phenoxy) is 1. The van der Waals surface area contributed by atoms with Crippen LogP contribution in [0.2, 0.25) is 0 Å². The third-order valence-corrected chi connectivity index (χ3v) is 2.73. The van der Waals surface area contributed by atoms with E-state index in [1.54, 1.807) is 0 Å². The minimum absolute atomic E-state index is 0.292. The van der Waals surface area contributed by atoms with E-state index in [0.717, 1.165) is 17.0 Å². The van der Waals surface area contributed by atoms with Crippen molar-refractivity contribution in [2.75, 3.05) is 12.3 Å². The Kier molecular flexibility index (Phi) is 3.55. The van der Waals surface area contributed by atoms with Crippen LogP contribution in [0.1, 0.15) is 26.8 Å². The number of hydrogen-bond donors (Lipinski definition) is 1. The Balaban J connectivity index is 2.48. The Morgan fingerprint density at radius 3 is 2.67 bits per heavy atom. The van der Waals surface area contributed by atoms with Gasteiger partial charge in [0.1, 0.15) is 11.4 Å². The monoisotopic (exact) mass is 245 g/mol. The Morgan fingerprint density at radius 2 is 2.06 bits per heavy atom. The lowest BCUT2D eigenvalue weighted by Crippen LogP contribution is -2.01. The zero-order valence-electron chi connectivity index (χ0n) is 11.1. The summed E-state index contributed by atoms with van der Waals surface area (Å²) in [6.45, 7) is 6.74. The van der Waals surface area contributed by atoms with Gasteiger partial charge in [-0.2, -0.15) is 5.10 Å². The largest absolute Gasteiger partial charge is 0.493 e. The van der Waals surface area contributed by atoms with Gasteiger partial charge in [0.25, 0.3) is 0 Å². The van der Waals surface area contributed by atoms with Crippen molar-refractivity contribution in [1.29, 1.82) is 0 Å². The molecule has 0 saturated heterocycles. The normalized spacial score (nSPS) is 10.9. The molecule has 0 aliphatic heterocycles. The van der Waals surface area contributed by atoms with Crippen LogP contribution in [0.4, 0.5) is 5.69 Å². The van der Waals surface area contributed by atoms with Crippen LogP contribution in [0, 0.1) is 0 Å². The fourth-order valence-electron chi connectivity index (χ4n) is 1.82. The summed E-state index contributed by atoms with van der Waals surface area (Å²) in [5, 5.41) is 4.53. The lowest BCUT2D eigenvalue weighted by molar-refractivity contribution is 0.341. The second kappa shape index (κ2) is 5.12. The van der Waals surface area contributed by atoms with Gasteiger partial charge in [0, 0.05) is 17.8 Å². The summed E-state index contributed by atoms with van der Waals surface area (Å²) in [5.41, 5.74) is 8.44. The zero-order valence-corrected chi connectivity index (χ0v) is 11.1. The maximum atomic E-state index is 6.04. The molecule has 1 aromatic carbocycles. The number of aromatic nitrogens is 2. The van der Waals surface area contributed by atoms with Gasteiger partial charge in [0.15, 0.2) is 0 Å². The van der Waals surface area contributed by atoms with Gasteiger partial charge >= 0.3 is 0 Å². The minimum atomic E-state index is 0.292. The molecule has 2 rings (SSSR count). The number of benzene rings is 1. The molecule has 18 heavy (non-hydrogen) atoms. The summed E-state index contributed by atoms with van der Waals surface area (Å²) in [5.74, 6) is 0.820. The first kappa shape index (κ1) is 12.5. The van der Waals surface area contributed by atoms with E-state index < -0.39 is 0 Å². The fourth-order valence-corrected chi connectivity index (χ4v) is 1.82. The van der Waals surface area contributed by atoms with Gasteiger partial charge in [-0.05, 0) is 32.9 Å². The van der Waals surface area contributed by atoms with Gasteiger partial charge in [0.05, 0.1) is 12.3 Å². The lowest BCUT2D eigenvalue weighted by atomic mass is 10.1. The molecule has 0 radical (unpaired) electrons. The van der Waals surface area contributed by atoms with E-state index in [2.05, 4.69) is 18.9 Å². The molecule has 4 nitrogen and oxygen atoms in total. The highest BCUT2D eigenvalue weighted by Gasteiger charge is 2.14. The first-order chi connectivity index (χ1) is 8.63. The molecule has 1 aromatic heterocycles. The van der Waals surface area contributed by atoms with Crippen LogP contribution in [0.3, 0.4) is 0 Å². The highest BCUT2D eigenvalue weighted by atomic mass is 16.5. The van der Waals surface area contributed by atoms with E-state index in [0.29, 0.717) is 18.3 Å². The molecular formula is C14H19N3O. The average molecular weight is 245 g/mol. The van der Waals surface area contributed by atoms with Crippen molar-refractivity contribution in [3.63, 3.8) is 0 Å². The Hall–Kier alpha value is -1.97. The van der Waals surface area contributed by atoms with Crippen LogP contribution < -0.4 is 10.5 Å². The first-order valence-electron chi connectivity index (χ1n) is 6.20. The molecular weight excluding hydrogens is 226 g/mol. The number of anilines is 1. The summed E-state index contributed by atoms with van der Waals surface area (Å²) in [6.07, 6.45) is 1.86. The Labute approximate surface area is 107 Å². The van der Waals surface area contributed by atoms with Crippen molar-refractivity contribution in [1.82, 2.24) is 9.78 Å². The predicted octanol–water partition coefficient (Wildman–Crippen LogP) is 3.11. The second-order valence-corrected chi connectivity index (χ2v) is 4.44. The SMILES string of the molecule is CCOc1ccccc1-c1nn(C(C)C)cc1N. The quantitative estimate of drug-likeness (QED) is 0.900. The molecule has 0 aliphatic carbocycles. The molecule has 2 N–H and O–H groups in total. The van der Waals surface area contributed by atoms with E-state index in [1.807, 2.05) is 42.1 Å². The molecule has 2 aromatic rings. The maximum absolute atomic E-state index is 6.04. The summed E-state index contributed by atoms with van der Waals surface area (Å²) < 4.78 is 7.48. The van der Waals surface area contributed by atoms with Gasteiger partial charge in [-0.15, -0.1) is 0 Å². The molecule has 0 aliphatic rings. The van der Waals surface area contributed by atoms with Crippen LogP contribution >= 0.6 is 0 Å². The van der Waals surface area contributed by atoms with E-state index in [1.165, 1.54) is 0 Å². The zero-order chi connectivity index (χ0) is 13.1. The van der Waals surface area contributed by atoms with Gasteiger partial charge in [-0.3, -0.25) is 4.68 Å². The van der Waals surface area contributed by atoms with E-state index in [9.17, 15) is 0 Å². The van der Waals surface area contributed by atoms with Gasteiger partial charge in [0.2, 0.25) is 0 Å². The van der Waals surface area contributed by atoms with Gasteiger partial charge in [-0.1, -0.05) is 12.1 Å². The highest BCUT2D eigenvalue weighted by Crippen LogP contribution is 2.32. The molecule has 0 unspecified atom stereocenters. The van der Waals surface area contributed by atoms with Crippen LogP contribution in [0.5, 0.6) is 5.75 Å². The van der Waals surface area contributed by atoms with Crippen molar-refractivity contribution in [2.45, 2.75) is 26.8 Å². The van der Waals surface area contributed by atoms with Crippen LogP contribution in [0.25, 0.3) is 11.3 Å². The van der Waals surface area contributed by atoms with Crippen molar-refractivity contribution < 1.29 is 4.74 Å². The number of nitrogens with two attached hydrogens (primary N) is 1. The van der Waals surface area contributed by atoms with E-state index in [-0.39, 0.29) is 0 Å². The standard InChI is InChI=1S/C14H19N3O/c1-4-18-13-8-6-5-7-11(13)14-12(15)9-17(16-14)10(2)3/h5-10H,4,15H2,1-3H3. The topological polar surface area (TPSA) is 53.1 Å². The molecule has 0 bridgehead atoms. The Morgan fingerprint density at radius 1 is 1.33 bits per heavy atom. The molecule has 0 atom stereocenters. The van der Waals surface area contributed by atoms with Crippen LogP contribution in [-0.4, -0.2) is 16.4 Å². The van der Waals surface area contributed by atoms with E-state index in [4.69, 9.17) is 10.5 Å². The number of hydrogen-bond acceptors (Lipinski definition) is 3. The number of rotatable bonds is 4. The predicted molar refractivity (Wildman–Crippen MR) is 73.6 cm³/mol. The van der Waals surface area contributed by atoms with Crippen LogP contribution in [0.15, 0.2) is 30.5 Å². The molecule has 0 amide bonds. The minimum Gasteiger partial charge on any atom is -0.493 e. The summed E-state index contributed by atoms with van der Waals surface area (Å²) >= 11 is 0. The summed E-state index contributed by atoms with van der Waals surface area (Å²) in [6, 6.07) is 8.12. The summed E-state index contributed by atoms with van der Waals surface area (Å²) in [7, 11) is 0. The number of para-hydroxylation sites is 1. The third kappa shape index (κ3) is 2.32. The molecule has 4 heteroatoms. The van der Waals surface area contributed by atoms with Gasteiger partial charge in [-0.25, -0.2) is 0 Å². The molecule has 96 valence electrons. The number of nitrogens with zero attached hydrogens (tertiary/aromatic N) is 2. The molecule has 0 saturated carbocycles. The smallest absolute Gasteiger partial charge is 0.128 e. The van der Waals surface area contributed by atoms with Gasteiger partial charge < -0.3 is 10.5 Å². The second-order valence-electron chi connectivity index (χ2n) is 4.44. The van der Waals surface area contributed by atoms with Crippen molar-refractivity contribution in [3.8, 4) is 17.0 Å². The maximum Gasteiger partial charge on any atom is 0.128 e. The van der Waals surface area contributed by atoms with Crippen molar-refractivity contribution in [2.24, 2.45) is 0 Å². The molecule has 0 spiro atoms.